The van der Waals surface area contributed by atoms with Crippen LogP contribution in [-0.4, -0.2) is 59.6 Å². The van der Waals surface area contributed by atoms with E-state index in [1.807, 2.05) is 0 Å². The summed E-state index contributed by atoms with van der Waals surface area (Å²) in [5.74, 6) is 0. The normalized spacial score (nSPS) is 12.2. The Kier molecular flexibility index (Phi) is 15.8. The minimum atomic E-state index is -0.954. The van der Waals surface area contributed by atoms with Gasteiger partial charge in [0.1, 0.15) is 6.10 Å². The van der Waals surface area contributed by atoms with E-state index in [1.54, 1.807) is 7.11 Å². The summed E-state index contributed by atoms with van der Waals surface area (Å²) in [6.07, 6.45) is 1.88. The summed E-state index contributed by atoms with van der Waals surface area (Å²) in [5, 5.41) is 33.1. The molecule has 0 fully saturated rings. The predicted octanol–water partition coefficient (Wildman–Crippen LogP) is -0.484. The molecule has 0 saturated carbocycles. The highest BCUT2D eigenvalue weighted by Gasteiger charge is 1.99. The van der Waals surface area contributed by atoms with Gasteiger partial charge in [0.25, 0.3) is 0 Å². The molecule has 0 amide bonds. The molecular formula is C10H24O5. The summed E-state index contributed by atoms with van der Waals surface area (Å²) in [6, 6.07) is 0. The fourth-order valence-corrected chi connectivity index (χ4v) is 0.773. The Labute approximate surface area is 91.3 Å². The highest BCUT2D eigenvalue weighted by molar-refractivity contribution is 4.51. The van der Waals surface area contributed by atoms with Gasteiger partial charge in [0, 0.05) is 7.11 Å². The molecule has 0 aliphatic carbocycles. The van der Waals surface area contributed by atoms with Crippen molar-refractivity contribution in [1.29, 1.82) is 0 Å². The molecule has 0 aromatic rings. The minimum Gasteiger partial charge on any atom is -0.394 e. The van der Waals surface area contributed by atoms with Crippen molar-refractivity contribution < 1.29 is 25.2 Å². The van der Waals surface area contributed by atoms with E-state index in [2.05, 4.69) is 6.92 Å². The Balaban J connectivity index is 0. The molecule has 0 radical (unpaired) electrons. The van der Waals surface area contributed by atoms with Crippen LogP contribution in [0.15, 0.2) is 0 Å². The summed E-state index contributed by atoms with van der Waals surface area (Å²) in [4.78, 5) is 0. The molecular weight excluding hydrogens is 200 g/mol. The maximum absolute atomic E-state index is 9.06. The average molecular weight is 224 g/mol. The Morgan fingerprint density at radius 3 is 1.87 bits per heavy atom. The van der Waals surface area contributed by atoms with Crippen molar-refractivity contribution in [2.24, 2.45) is 0 Å². The SMILES string of the molecule is CCCCC(O)COC.OCC(O)CO. The van der Waals surface area contributed by atoms with E-state index >= 15 is 0 Å². The van der Waals surface area contributed by atoms with Gasteiger partial charge >= 0.3 is 0 Å². The molecule has 1 atom stereocenters. The van der Waals surface area contributed by atoms with Crippen molar-refractivity contribution >= 4 is 0 Å². The number of rotatable bonds is 7. The highest BCUT2D eigenvalue weighted by atomic mass is 16.5. The Morgan fingerprint density at radius 1 is 1.07 bits per heavy atom. The second-order valence-electron chi connectivity index (χ2n) is 3.27. The van der Waals surface area contributed by atoms with Crippen molar-refractivity contribution in [1.82, 2.24) is 0 Å². The Bertz CT molecular complexity index is 106. The van der Waals surface area contributed by atoms with Crippen molar-refractivity contribution in [2.45, 2.75) is 38.4 Å². The maximum atomic E-state index is 9.06. The van der Waals surface area contributed by atoms with E-state index in [-0.39, 0.29) is 19.3 Å². The molecule has 5 nitrogen and oxygen atoms in total. The molecule has 0 spiro atoms. The molecule has 0 aromatic carbocycles. The van der Waals surface area contributed by atoms with Crippen molar-refractivity contribution in [3.8, 4) is 0 Å². The van der Waals surface area contributed by atoms with Gasteiger partial charge in [-0.15, -0.1) is 0 Å². The van der Waals surface area contributed by atoms with Crippen LogP contribution in [0.4, 0.5) is 0 Å². The van der Waals surface area contributed by atoms with Crippen LogP contribution in [-0.2, 0) is 4.74 Å². The standard InChI is InChI=1S/C7H16O2.C3H8O3/c1-3-4-5-7(8)6-9-2;4-1-3(6)2-5/h7-8H,3-6H2,1-2H3;3-6H,1-2H2. The lowest BCUT2D eigenvalue weighted by Crippen LogP contribution is -2.15. The van der Waals surface area contributed by atoms with E-state index in [9.17, 15) is 0 Å². The van der Waals surface area contributed by atoms with Gasteiger partial charge in [0.15, 0.2) is 0 Å². The minimum absolute atomic E-state index is 0.255. The zero-order valence-electron chi connectivity index (χ0n) is 9.59. The van der Waals surface area contributed by atoms with Crippen LogP contribution in [0.25, 0.3) is 0 Å². The van der Waals surface area contributed by atoms with Crippen molar-refractivity contribution in [2.75, 3.05) is 26.9 Å². The molecule has 5 heteroatoms. The van der Waals surface area contributed by atoms with Gasteiger partial charge in [-0.25, -0.2) is 0 Å². The van der Waals surface area contributed by atoms with Crippen LogP contribution in [0.2, 0.25) is 0 Å². The molecule has 0 heterocycles. The van der Waals surface area contributed by atoms with E-state index in [0.717, 1.165) is 19.3 Å². The van der Waals surface area contributed by atoms with Gasteiger partial charge in [-0.1, -0.05) is 19.8 Å². The van der Waals surface area contributed by atoms with Crippen LogP contribution in [0, 0.1) is 0 Å². The predicted molar refractivity (Wildman–Crippen MR) is 57.6 cm³/mol. The van der Waals surface area contributed by atoms with E-state index < -0.39 is 6.10 Å². The third kappa shape index (κ3) is 16.5. The van der Waals surface area contributed by atoms with Gasteiger partial charge in [-0.05, 0) is 6.42 Å². The topological polar surface area (TPSA) is 90.2 Å². The molecule has 0 rings (SSSR count). The number of ether oxygens (including phenoxy) is 1. The van der Waals surface area contributed by atoms with Crippen molar-refractivity contribution in [3.63, 3.8) is 0 Å². The van der Waals surface area contributed by atoms with Crippen LogP contribution < -0.4 is 0 Å². The number of aliphatic hydroxyl groups excluding tert-OH is 4. The summed E-state index contributed by atoms with van der Waals surface area (Å²) in [6.45, 7) is 1.85. The van der Waals surface area contributed by atoms with Gasteiger partial charge in [-0.2, -0.15) is 0 Å². The molecule has 94 valence electrons. The van der Waals surface area contributed by atoms with Crippen LogP contribution in [0.5, 0.6) is 0 Å². The molecule has 0 aromatic heterocycles. The zero-order chi connectivity index (χ0) is 12.1. The van der Waals surface area contributed by atoms with Crippen molar-refractivity contribution in [3.05, 3.63) is 0 Å². The first-order chi connectivity index (χ1) is 7.12. The average Bonchev–Trinajstić information content (AvgIpc) is 2.26. The largest absolute Gasteiger partial charge is 0.394 e. The molecule has 0 aliphatic rings. The third-order valence-corrected chi connectivity index (χ3v) is 1.67. The highest BCUT2D eigenvalue weighted by Crippen LogP contribution is 1.99. The third-order valence-electron chi connectivity index (χ3n) is 1.67. The second kappa shape index (κ2) is 13.8. The second-order valence-corrected chi connectivity index (χ2v) is 3.27. The quantitative estimate of drug-likeness (QED) is 0.469. The van der Waals surface area contributed by atoms with Gasteiger partial charge in [-0.3, -0.25) is 0 Å². The molecule has 4 N–H and O–H groups in total. The lowest BCUT2D eigenvalue weighted by molar-refractivity contribution is 0.0450. The monoisotopic (exact) mass is 224 g/mol. The van der Waals surface area contributed by atoms with E-state index in [1.165, 1.54) is 0 Å². The van der Waals surface area contributed by atoms with Gasteiger partial charge < -0.3 is 25.2 Å². The van der Waals surface area contributed by atoms with E-state index in [0.29, 0.717) is 6.61 Å². The van der Waals surface area contributed by atoms with Gasteiger partial charge in [0.05, 0.1) is 25.9 Å². The number of hydrogen-bond acceptors (Lipinski definition) is 5. The molecule has 0 aliphatic heterocycles. The summed E-state index contributed by atoms with van der Waals surface area (Å²) in [5.41, 5.74) is 0. The van der Waals surface area contributed by atoms with Gasteiger partial charge in [0.2, 0.25) is 0 Å². The fourth-order valence-electron chi connectivity index (χ4n) is 0.773. The first kappa shape index (κ1) is 17.2. The number of unbranched alkanes of at least 4 members (excludes halogenated alkanes) is 1. The zero-order valence-corrected chi connectivity index (χ0v) is 9.59. The summed E-state index contributed by atoms with van der Waals surface area (Å²) in [7, 11) is 1.61. The molecule has 0 bridgehead atoms. The smallest absolute Gasteiger partial charge is 0.100 e. The molecule has 1 unspecified atom stereocenters. The lowest BCUT2D eigenvalue weighted by atomic mass is 10.2. The Hall–Kier alpha value is -0.200. The lowest BCUT2D eigenvalue weighted by Gasteiger charge is -2.06. The summed E-state index contributed by atoms with van der Waals surface area (Å²) < 4.78 is 4.75. The maximum Gasteiger partial charge on any atom is 0.100 e. The van der Waals surface area contributed by atoms with E-state index in [4.69, 9.17) is 25.2 Å². The summed E-state index contributed by atoms with van der Waals surface area (Å²) >= 11 is 0. The Morgan fingerprint density at radius 2 is 1.60 bits per heavy atom. The first-order valence-corrected chi connectivity index (χ1v) is 5.19. The number of methoxy groups -OCH3 is 1. The number of hydrogen-bond donors (Lipinski definition) is 4. The molecule has 15 heavy (non-hydrogen) atoms. The van der Waals surface area contributed by atoms with Crippen LogP contribution in [0.3, 0.4) is 0 Å². The first-order valence-electron chi connectivity index (χ1n) is 5.19. The van der Waals surface area contributed by atoms with Crippen LogP contribution in [0.1, 0.15) is 26.2 Å². The van der Waals surface area contributed by atoms with Crippen LogP contribution >= 0.6 is 0 Å². The molecule has 0 saturated heterocycles. The fraction of sp³-hybridized carbons (Fsp3) is 1.00. The number of aliphatic hydroxyl groups is 4.